The zero-order valence-corrected chi connectivity index (χ0v) is 8.02. The number of hydrogen-bond acceptors (Lipinski definition) is 4. The van der Waals surface area contributed by atoms with Crippen LogP contribution in [-0.2, 0) is 4.79 Å². The number of aliphatic hydroxyl groups excluding tert-OH is 3. The van der Waals surface area contributed by atoms with E-state index in [1.54, 1.807) is 24.5 Å². The number of carbonyl (C=O) groups is 1. The van der Waals surface area contributed by atoms with Gasteiger partial charge in [0.25, 0.3) is 0 Å². The maximum absolute atomic E-state index is 10.7. The van der Waals surface area contributed by atoms with E-state index in [4.69, 9.17) is 10.2 Å². The molecule has 5 nitrogen and oxygen atoms in total. The first-order chi connectivity index (χ1) is 7.19. The van der Waals surface area contributed by atoms with Gasteiger partial charge in [0.05, 0.1) is 12.3 Å². The maximum Gasteiger partial charge on any atom is 0.166 e. The molecule has 0 saturated carbocycles. The summed E-state index contributed by atoms with van der Waals surface area (Å²) in [6, 6.07) is 3.46. The topological polar surface area (TPSA) is 82.7 Å². The van der Waals surface area contributed by atoms with Crippen LogP contribution >= 0.6 is 0 Å². The lowest BCUT2D eigenvalue weighted by molar-refractivity contribution is -0.103. The minimum atomic E-state index is -1.28. The SMILES string of the molecule is O=C/C(=C\[C@H](O)[C@H](O)CO)n1cccc1. The van der Waals surface area contributed by atoms with Crippen molar-refractivity contribution >= 4 is 12.0 Å². The number of aldehydes is 1. The highest BCUT2D eigenvalue weighted by atomic mass is 16.4. The van der Waals surface area contributed by atoms with Crippen LogP contribution in [0.4, 0.5) is 0 Å². The molecule has 1 rings (SSSR count). The minimum Gasteiger partial charge on any atom is -0.394 e. The number of aliphatic hydroxyl groups is 3. The molecule has 0 bridgehead atoms. The van der Waals surface area contributed by atoms with Gasteiger partial charge in [-0.2, -0.15) is 0 Å². The van der Waals surface area contributed by atoms with Gasteiger partial charge in [-0.3, -0.25) is 4.79 Å². The molecule has 1 aromatic heterocycles. The van der Waals surface area contributed by atoms with Crippen molar-refractivity contribution in [1.29, 1.82) is 0 Å². The van der Waals surface area contributed by atoms with Crippen LogP contribution in [0.3, 0.4) is 0 Å². The van der Waals surface area contributed by atoms with E-state index in [0.29, 0.717) is 6.29 Å². The second-order valence-electron chi connectivity index (χ2n) is 3.04. The van der Waals surface area contributed by atoms with Crippen LogP contribution in [-0.4, -0.2) is 45.0 Å². The summed E-state index contributed by atoms with van der Waals surface area (Å²) in [4.78, 5) is 10.7. The molecule has 0 aromatic carbocycles. The average molecular weight is 211 g/mol. The molecular formula is C10H13NO4. The van der Waals surface area contributed by atoms with Gasteiger partial charge >= 0.3 is 0 Å². The standard InChI is InChI=1S/C10H13NO4/c12-6-8(11-3-1-2-4-11)5-9(14)10(15)7-13/h1-6,9-10,13-15H,7H2/b8-5+/t9-,10+/m0/s1. The van der Waals surface area contributed by atoms with Crippen molar-refractivity contribution in [2.75, 3.05) is 6.61 Å². The van der Waals surface area contributed by atoms with Crippen molar-refractivity contribution in [3.63, 3.8) is 0 Å². The van der Waals surface area contributed by atoms with E-state index in [-0.39, 0.29) is 5.70 Å². The summed E-state index contributed by atoms with van der Waals surface area (Å²) >= 11 is 0. The highest BCUT2D eigenvalue weighted by molar-refractivity contribution is 5.98. The predicted molar refractivity (Wildman–Crippen MR) is 53.9 cm³/mol. The number of rotatable bonds is 5. The molecule has 0 aliphatic rings. The number of carbonyl (C=O) groups excluding carboxylic acids is 1. The van der Waals surface area contributed by atoms with Crippen molar-refractivity contribution in [3.8, 4) is 0 Å². The normalized spacial score (nSPS) is 16.1. The van der Waals surface area contributed by atoms with Crippen molar-refractivity contribution < 1.29 is 20.1 Å². The van der Waals surface area contributed by atoms with E-state index >= 15 is 0 Å². The van der Waals surface area contributed by atoms with Crippen molar-refractivity contribution in [3.05, 3.63) is 30.6 Å². The molecule has 0 radical (unpaired) electrons. The third kappa shape index (κ3) is 3.02. The lowest BCUT2D eigenvalue weighted by Gasteiger charge is -2.12. The highest BCUT2D eigenvalue weighted by Gasteiger charge is 2.13. The maximum atomic E-state index is 10.7. The summed E-state index contributed by atoms with van der Waals surface area (Å²) in [5, 5.41) is 27.0. The Balaban J connectivity index is 2.83. The molecule has 0 aliphatic carbocycles. The first-order valence-corrected chi connectivity index (χ1v) is 4.46. The van der Waals surface area contributed by atoms with E-state index in [1.807, 2.05) is 0 Å². The second-order valence-corrected chi connectivity index (χ2v) is 3.04. The Morgan fingerprint density at radius 3 is 2.40 bits per heavy atom. The molecule has 0 spiro atoms. The Labute approximate surface area is 86.9 Å². The van der Waals surface area contributed by atoms with Gasteiger partial charge in [-0.1, -0.05) is 0 Å². The van der Waals surface area contributed by atoms with Crippen LogP contribution in [0.25, 0.3) is 5.70 Å². The Bertz CT molecular complexity index is 331. The van der Waals surface area contributed by atoms with Gasteiger partial charge in [0.1, 0.15) is 12.2 Å². The van der Waals surface area contributed by atoms with Crippen LogP contribution in [0.1, 0.15) is 0 Å². The van der Waals surface area contributed by atoms with Gasteiger partial charge in [0.2, 0.25) is 0 Å². The van der Waals surface area contributed by atoms with Gasteiger partial charge < -0.3 is 19.9 Å². The molecule has 2 atom stereocenters. The van der Waals surface area contributed by atoms with Crippen LogP contribution in [0, 0.1) is 0 Å². The Morgan fingerprint density at radius 1 is 1.33 bits per heavy atom. The zero-order chi connectivity index (χ0) is 11.3. The molecule has 0 aliphatic heterocycles. The van der Waals surface area contributed by atoms with Crippen molar-refractivity contribution in [2.45, 2.75) is 12.2 Å². The molecule has 82 valence electrons. The van der Waals surface area contributed by atoms with E-state index in [0.717, 1.165) is 0 Å². The van der Waals surface area contributed by atoms with Gasteiger partial charge in [0.15, 0.2) is 6.29 Å². The first-order valence-electron chi connectivity index (χ1n) is 4.46. The molecule has 1 aromatic rings. The Kier molecular flexibility index (Phi) is 4.23. The highest BCUT2D eigenvalue weighted by Crippen LogP contribution is 2.05. The largest absolute Gasteiger partial charge is 0.394 e. The molecule has 0 unspecified atom stereocenters. The molecular weight excluding hydrogens is 198 g/mol. The van der Waals surface area contributed by atoms with Gasteiger partial charge in [0, 0.05) is 12.4 Å². The number of hydrogen-bond donors (Lipinski definition) is 3. The number of aromatic nitrogens is 1. The molecule has 0 saturated heterocycles. The van der Waals surface area contributed by atoms with Gasteiger partial charge in [-0.25, -0.2) is 0 Å². The molecule has 3 N–H and O–H groups in total. The number of nitrogens with zero attached hydrogens (tertiary/aromatic N) is 1. The number of allylic oxidation sites excluding steroid dienone is 1. The van der Waals surface area contributed by atoms with Crippen molar-refractivity contribution in [1.82, 2.24) is 4.57 Å². The van der Waals surface area contributed by atoms with Crippen LogP contribution in [0.15, 0.2) is 30.6 Å². The smallest absolute Gasteiger partial charge is 0.166 e. The third-order valence-corrected chi connectivity index (χ3v) is 1.95. The average Bonchev–Trinajstić information content (AvgIpc) is 2.77. The van der Waals surface area contributed by atoms with E-state index in [1.165, 1.54) is 10.6 Å². The van der Waals surface area contributed by atoms with Crippen LogP contribution < -0.4 is 0 Å². The van der Waals surface area contributed by atoms with Crippen LogP contribution in [0.2, 0.25) is 0 Å². The fourth-order valence-electron chi connectivity index (χ4n) is 1.09. The fraction of sp³-hybridized carbons (Fsp3) is 0.300. The third-order valence-electron chi connectivity index (χ3n) is 1.95. The molecule has 0 fully saturated rings. The minimum absolute atomic E-state index is 0.208. The lowest BCUT2D eigenvalue weighted by Crippen LogP contribution is -2.28. The Hall–Kier alpha value is -1.43. The van der Waals surface area contributed by atoms with Crippen molar-refractivity contribution in [2.24, 2.45) is 0 Å². The summed E-state index contributed by atoms with van der Waals surface area (Å²) in [6.45, 7) is -0.560. The summed E-state index contributed by atoms with van der Waals surface area (Å²) < 4.78 is 1.50. The predicted octanol–water partition coefficient (Wildman–Crippen LogP) is -0.758. The molecule has 1 heterocycles. The van der Waals surface area contributed by atoms with E-state index < -0.39 is 18.8 Å². The fourth-order valence-corrected chi connectivity index (χ4v) is 1.09. The lowest BCUT2D eigenvalue weighted by atomic mass is 10.2. The van der Waals surface area contributed by atoms with E-state index in [9.17, 15) is 9.90 Å². The van der Waals surface area contributed by atoms with E-state index in [2.05, 4.69) is 0 Å². The molecule has 15 heavy (non-hydrogen) atoms. The molecule has 0 amide bonds. The zero-order valence-electron chi connectivity index (χ0n) is 8.02. The summed E-state index contributed by atoms with van der Waals surface area (Å²) in [5.74, 6) is 0. The second kappa shape index (κ2) is 5.45. The summed E-state index contributed by atoms with van der Waals surface area (Å²) in [6.07, 6.45) is 2.48. The first kappa shape index (κ1) is 11.6. The van der Waals surface area contributed by atoms with Crippen LogP contribution in [0.5, 0.6) is 0 Å². The quantitative estimate of drug-likeness (QED) is 0.441. The summed E-state index contributed by atoms with van der Waals surface area (Å²) in [7, 11) is 0. The summed E-state index contributed by atoms with van der Waals surface area (Å²) in [5.41, 5.74) is 0.208. The molecule has 5 heteroatoms. The Morgan fingerprint density at radius 2 is 1.93 bits per heavy atom. The van der Waals surface area contributed by atoms with Gasteiger partial charge in [-0.15, -0.1) is 0 Å². The monoisotopic (exact) mass is 211 g/mol. The van der Waals surface area contributed by atoms with Gasteiger partial charge in [-0.05, 0) is 18.2 Å².